The highest BCUT2D eigenvalue weighted by atomic mass is 19.4. The monoisotopic (exact) mass is 524 g/mol. The Morgan fingerprint density at radius 2 is 1.78 bits per heavy atom. The third kappa shape index (κ3) is 4.16. The summed E-state index contributed by atoms with van der Waals surface area (Å²) >= 11 is 0. The van der Waals surface area contributed by atoms with E-state index >= 15 is 8.78 Å². The SMILES string of the molecule is C[C@@H]1Cc2c(ccc3ncoc23)[C@@H](c2c(F)cc(N3CC4(CN(CCF)C4)C3)cc2F)N1CC(F)(F)F. The van der Waals surface area contributed by atoms with Crippen LogP contribution in [0.25, 0.3) is 11.1 Å². The van der Waals surface area contributed by atoms with E-state index < -0.39 is 48.7 Å². The molecule has 0 radical (unpaired) electrons. The van der Waals surface area contributed by atoms with E-state index in [-0.39, 0.29) is 11.8 Å². The largest absolute Gasteiger partial charge is 0.443 e. The van der Waals surface area contributed by atoms with Crippen molar-refractivity contribution in [3.05, 3.63) is 59.0 Å². The molecular formula is C26H26F6N4O. The highest BCUT2D eigenvalue weighted by Gasteiger charge is 2.51. The fraction of sp³-hybridized carbons (Fsp3) is 0.500. The Morgan fingerprint density at radius 3 is 2.43 bits per heavy atom. The van der Waals surface area contributed by atoms with E-state index in [9.17, 15) is 17.6 Å². The number of anilines is 1. The molecular weight excluding hydrogens is 498 g/mol. The van der Waals surface area contributed by atoms with Gasteiger partial charge in [0.1, 0.15) is 23.8 Å². The van der Waals surface area contributed by atoms with E-state index in [1.807, 2.05) is 9.80 Å². The van der Waals surface area contributed by atoms with Gasteiger partial charge in [0.2, 0.25) is 0 Å². The van der Waals surface area contributed by atoms with Crippen molar-refractivity contribution >= 4 is 16.8 Å². The molecule has 3 aromatic rings. The van der Waals surface area contributed by atoms with E-state index in [4.69, 9.17) is 4.42 Å². The van der Waals surface area contributed by atoms with Gasteiger partial charge in [-0.2, -0.15) is 13.2 Å². The molecule has 0 aliphatic carbocycles. The molecule has 2 aromatic carbocycles. The van der Waals surface area contributed by atoms with Crippen LogP contribution in [0.2, 0.25) is 0 Å². The molecule has 2 fully saturated rings. The van der Waals surface area contributed by atoms with Crippen LogP contribution in [0.15, 0.2) is 35.1 Å². The lowest BCUT2D eigenvalue weighted by Crippen LogP contribution is -2.72. The zero-order valence-electron chi connectivity index (χ0n) is 20.2. The van der Waals surface area contributed by atoms with Gasteiger partial charge in [-0.25, -0.2) is 18.2 Å². The first-order valence-corrected chi connectivity index (χ1v) is 12.3. The lowest BCUT2D eigenvalue weighted by atomic mass is 9.72. The fourth-order valence-electron chi connectivity index (χ4n) is 6.43. The number of halogens is 6. The molecule has 6 rings (SSSR count). The molecule has 1 spiro atoms. The molecule has 37 heavy (non-hydrogen) atoms. The number of oxazole rings is 1. The summed E-state index contributed by atoms with van der Waals surface area (Å²) in [5.74, 6) is -1.78. The predicted octanol–water partition coefficient (Wildman–Crippen LogP) is 5.10. The van der Waals surface area contributed by atoms with E-state index in [0.29, 0.717) is 47.5 Å². The van der Waals surface area contributed by atoms with Gasteiger partial charge >= 0.3 is 6.18 Å². The molecule has 3 aliphatic heterocycles. The zero-order chi connectivity index (χ0) is 26.1. The Labute approximate surface area is 209 Å². The molecule has 3 aliphatic rings. The van der Waals surface area contributed by atoms with E-state index in [1.54, 1.807) is 19.1 Å². The Hall–Kier alpha value is -2.79. The number of aromatic nitrogens is 1. The molecule has 2 atom stereocenters. The van der Waals surface area contributed by atoms with Crippen molar-refractivity contribution in [3.63, 3.8) is 0 Å². The Morgan fingerprint density at radius 1 is 1.08 bits per heavy atom. The van der Waals surface area contributed by atoms with Crippen LogP contribution in [0.3, 0.4) is 0 Å². The number of rotatable bonds is 5. The fourth-order valence-corrected chi connectivity index (χ4v) is 6.43. The molecule has 0 unspecified atom stereocenters. The predicted molar refractivity (Wildman–Crippen MR) is 125 cm³/mol. The Balaban J connectivity index is 1.36. The number of hydrogen-bond donors (Lipinski definition) is 0. The lowest BCUT2D eigenvalue weighted by molar-refractivity contribution is -0.155. The number of nitrogens with zero attached hydrogens (tertiary/aromatic N) is 4. The highest BCUT2D eigenvalue weighted by Crippen LogP contribution is 2.46. The van der Waals surface area contributed by atoms with Gasteiger partial charge in [0, 0.05) is 61.0 Å². The van der Waals surface area contributed by atoms with E-state index in [0.717, 1.165) is 18.0 Å². The van der Waals surface area contributed by atoms with Crippen molar-refractivity contribution in [1.82, 2.24) is 14.8 Å². The highest BCUT2D eigenvalue weighted by molar-refractivity contribution is 5.78. The van der Waals surface area contributed by atoms with Crippen LogP contribution in [-0.4, -0.2) is 72.9 Å². The molecule has 1 aromatic heterocycles. The van der Waals surface area contributed by atoms with Gasteiger partial charge < -0.3 is 9.32 Å². The molecule has 0 saturated carbocycles. The quantitative estimate of drug-likeness (QED) is 0.435. The van der Waals surface area contributed by atoms with Crippen LogP contribution in [0, 0.1) is 17.0 Å². The minimum atomic E-state index is -4.56. The van der Waals surface area contributed by atoms with Gasteiger partial charge in [0.05, 0.1) is 12.6 Å². The maximum Gasteiger partial charge on any atom is 0.401 e. The van der Waals surface area contributed by atoms with Crippen LogP contribution < -0.4 is 4.90 Å². The topological polar surface area (TPSA) is 35.8 Å². The molecule has 0 amide bonds. The van der Waals surface area contributed by atoms with Crippen molar-refractivity contribution < 1.29 is 30.8 Å². The minimum Gasteiger partial charge on any atom is -0.443 e. The molecule has 198 valence electrons. The summed E-state index contributed by atoms with van der Waals surface area (Å²) in [6.45, 7) is 2.97. The van der Waals surface area contributed by atoms with Crippen LogP contribution >= 0.6 is 0 Å². The van der Waals surface area contributed by atoms with Crippen molar-refractivity contribution in [3.8, 4) is 0 Å². The second-order valence-electron chi connectivity index (χ2n) is 10.7. The van der Waals surface area contributed by atoms with Gasteiger partial charge in [-0.1, -0.05) is 6.07 Å². The number of fused-ring (bicyclic) bond motifs is 3. The summed E-state index contributed by atoms with van der Waals surface area (Å²) in [4.78, 5) is 9.08. The third-order valence-corrected chi connectivity index (χ3v) is 7.97. The first-order chi connectivity index (χ1) is 17.6. The van der Waals surface area contributed by atoms with Gasteiger partial charge in [0.15, 0.2) is 12.0 Å². The number of benzene rings is 2. The van der Waals surface area contributed by atoms with Crippen LogP contribution in [-0.2, 0) is 6.42 Å². The number of likely N-dealkylation sites (tertiary alicyclic amines) is 1. The summed E-state index contributed by atoms with van der Waals surface area (Å²) < 4.78 is 90.2. The third-order valence-electron chi connectivity index (χ3n) is 7.97. The molecule has 0 bridgehead atoms. The number of hydrogen-bond acceptors (Lipinski definition) is 5. The number of alkyl halides is 4. The van der Waals surface area contributed by atoms with Gasteiger partial charge in [0.25, 0.3) is 0 Å². The first kappa shape index (κ1) is 24.5. The molecule has 5 nitrogen and oxygen atoms in total. The van der Waals surface area contributed by atoms with E-state index in [1.165, 1.54) is 18.5 Å². The second-order valence-corrected chi connectivity index (χ2v) is 10.7. The second kappa shape index (κ2) is 8.62. The molecule has 11 heteroatoms. The molecule has 0 N–H and O–H groups in total. The van der Waals surface area contributed by atoms with Crippen molar-refractivity contribution in [2.24, 2.45) is 5.41 Å². The maximum absolute atomic E-state index is 15.7. The maximum atomic E-state index is 15.7. The normalized spacial score (nSPS) is 23.8. The first-order valence-electron chi connectivity index (χ1n) is 12.3. The average Bonchev–Trinajstić information content (AvgIpc) is 3.24. The van der Waals surface area contributed by atoms with Crippen LogP contribution in [0.1, 0.15) is 29.7 Å². The van der Waals surface area contributed by atoms with Gasteiger partial charge in [-0.05, 0) is 37.1 Å². The van der Waals surface area contributed by atoms with Gasteiger partial charge in [-0.15, -0.1) is 0 Å². The zero-order valence-corrected chi connectivity index (χ0v) is 20.2. The summed E-state index contributed by atoms with van der Waals surface area (Å²) in [5, 5.41) is 0. The van der Waals surface area contributed by atoms with Crippen LogP contribution in [0.5, 0.6) is 0 Å². The summed E-state index contributed by atoms with van der Waals surface area (Å²) in [6.07, 6.45) is -3.08. The minimum absolute atomic E-state index is 0.00446. The lowest BCUT2D eigenvalue weighted by Gasteiger charge is -2.61. The Bertz CT molecular complexity index is 1300. The van der Waals surface area contributed by atoms with Crippen molar-refractivity contribution in [1.29, 1.82) is 0 Å². The Kier molecular flexibility index (Phi) is 5.72. The van der Waals surface area contributed by atoms with Crippen LogP contribution in [0.4, 0.5) is 32.0 Å². The smallest absolute Gasteiger partial charge is 0.401 e. The summed E-state index contributed by atoms with van der Waals surface area (Å²) in [7, 11) is 0. The average molecular weight is 525 g/mol. The van der Waals surface area contributed by atoms with E-state index in [2.05, 4.69) is 4.98 Å². The summed E-state index contributed by atoms with van der Waals surface area (Å²) in [5.41, 5.74) is 1.90. The van der Waals surface area contributed by atoms with Crippen molar-refractivity contribution in [2.75, 3.05) is 50.8 Å². The molecule has 4 heterocycles. The summed E-state index contributed by atoms with van der Waals surface area (Å²) in [6, 6.07) is 3.66. The van der Waals surface area contributed by atoms with Crippen molar-refractivity contribution in [2.45, 2.75) is 31.6 Å². The molecule has 2 saturated heterocycles. The van der Waals surface area contributed by atoms with Gasteiger partial charge in [-0.3, -0.25) is 9.80 Å². The standard InChI is InChI=1S/C26H26F6N4O/c1-15-6-18-17(2-3-21-24(18)37-14-33-21)23(36(15)13-26(30,31)32)22-19(28)7-16(8-20(22)29)35-11-25(12-35)9-34(10-25)5-4-27/h2-3,7-8,14-15,23H,4-6,9-13H2,1H3/t15-,23+/m1/s1.